The van der Waals surface area contributed by atoms with Crippen LogP contribution in [0.4, 0.5) is 26.3 Å². The lowest BCUT2D eigenvalue weighted by Crippen LogP contribution is -2.12. The predicted molar refractivity (Wildman–Crippen MR) is 91.7 cm³/mol. The van der Waals surface area contributed by atoms with Crippen molar-refractivity contribution >= 4 is 5.65 Å². The Bertz CT molecular complexity index is 1180. The lowest BCUT2D eigenvalue weighted by Gasteiger charge is -2.13. The van der Waals surface area contributed by atoms with Gasteiger partial charge in [0.2, 0.25) is 0 Å². The molecule has 0 saturated carbocycles. The highest BCUT2D eigenvalue weighted by molar-refractivity contribution is 5.76. The van der Waals surface area contributed by atoms with E-state index < -0.39 is 23.6 Å². The summed E-state index contributed by atoms with van der Waals surface area (Å²) in [5.41, 5.74) is -1.90. The average molecular weight is 408 g/mol. The number of imidazole rings is 1. The Morgan fingerprint density at radius 2 is 1.52 bits per heavy atom. The Kier molecular flexibility index (Phi) is 4.29. The largest absolute Gasteiger partial charge is 0.431 e. The predicted octanol–water partition coefficient (Wildman–Crippen LogP) is 5.50. The van der Waals surface area contributed by atoms with Crippen molar-refractivity contribution in [2.45, 2.75) is 12.4 Å². The number of aromatic nitrogens is 4. The molecule has 0 amide bonds. The molecule has 4 nitrogen and oxygen atoms in total. The summed E-state index contributed by atoms with van der Waals surface area (Å²) >= 11 is 0. The minimum absolute atomic E-state index is 0.0882. The molecular formula is C19H10F6N4. The standard InChI is InChI=1S/C19H10F6N4/c20-18(21,22)13-3-1-2-12(8-13)14-9-15(19(23,24)25)29-10-27-16(17(29)28-14)11-4-6-26-7-5-11/h1-10H. The van der Waals surface area contributed by atoms with Crippen molar-refractivity contribution in [3.8, 4) is 22.5 Å². The van der Waals surface area contributed by atoms with Gasteiger partial charge in [0.05, 0.1) is 11.3 Å². The molecule has 3 aromatic heterocycles. The normalized spacial score (nSPS) is 12.5. The first kappa shape index (κ1) is 18.9. The lowest BCUT2D eigenvalue weighted by molar-refractivity contribution is -0.142. The zero-order valence-corrected chi connectivity index (χ0v) is 14.3. The molecule has 0 unspecified atom stereocenters. The maximum Gasteiger partial charge on any atom is 0.431 e. The molecular weight excluding hydrogens is 398 g/mol. The second-order valence-electron chi connectivity index (χ2n) is 6.13. The van der Waals surface area contributed by atoms with Gasteiger partial charge in [0.25, 0.3) is 0 Å². The Labute approximate surface area is 159 Å². The topological polar surface area (TPSA) is 43.1 Å². The molecule has 0 N–H and O–H groups in total. The molecule has 0 aliphatic carbocycles. The third-order valence-corrected chi connectivity index (χ3v) is 4.23. The Morgan fingerprint density at radius 3 is 2.17 bits per heavy atom. The molecule has 0 radical (unpaired) electrons. The molecule has 0 bridgehead atoms. The fourth-order valence-corrected chi connectivity index (χ4v) is 2.91. The highest BCUT2D eigenvalue weighted by Gasteiger charge is 2.35. The van der Waals surface area contributed by atoms with Crippen LogP contribution in [0, 0.1) is 0 Å². The third kappa shape index (κ3) is 3.53. The van der Waals surface area contributed by atoms with Crippen LogP contribution in [-0.4, -0.2) is 19.4 Å². The summed E-state index contributed by atoms with van der Waals surface area (Å²) in [6.45, 7) is 0. The van der Waals surface area contributed by atoms with E-state index in [1.807, 2.05) is 0 Å². The van der Waals surface area contributed by atoms with Crippen LogP contribution in [0.1, 0.15) is 11.3 Å². The van der Waals surface area contributed by atoms with Gasteiger partial charge in [0, 0.05) is 23.5 Å². The molecule has 29 heavy (non-hydrogen) atoms. The molecule has 1 aromatic carbocycles. The van der Waals surface area contributed by atoms with E-state index in [2.05, 4.69) is 15.0 Å². The van der Waals surface area contributed by atoms with E-state index in [4.69, 9.17) is 0 Å². The van der Waals surface area contributed by atoms with Crippen LogP contribution >= 0.6 is 0 Å². The number of halogens is 6. The first-order valence-electron chi connectivity index (χ1n) is 8.18. The van der Waals surface area contributed by atoms with Crippen molar-refractivity contribution in [1.29, 1.82) is 0 Å². The van der Waals surface area contributed by atoms with Gasteiger partial charge in [0.1, 0.15) is 17.7 Å². The van der Waals surface area contributed by atoms with E-state index in [9.17, 15) is 26.3 Å². The first-order chi connectivity index (χ1) is 13.6. The van der Waals surface area contributed by atoms with Gasteiger partial charge in [-0.15, -0.1) is 0 Å². The number of hydrogen-bond acceptors (Lipinski definition) is 3. The van der Waals surface area contributed by atoms with Crippen LogP contribution in [0.3, 0.4) is 0 Å². The number of pyridine rings is 1. The van der Waals surface area contributed by atoms with Crippen LogP contribution < -0.4 is 0 Å². The Balaban J connectivity index is 1.99. The molecule has 10 heteroatoms. The van der Waals surface area contributed by atoms with E-state index in [1.54, 1.807) is 12.1 Å². The molecule has 0 aliphatic heterocycles. The van der Waals surface area contributed by atoms with Crippen molar-refractivity contribution in [3.63, 3.8) is 0 Å². The molecule has 0 saturated heterocycles. The first-order valence-corrected chi connectivity index (χ1v) is 8.18. The van der Waals surface area contributed by atoms with Crippen molar-refractivity contribution in [1.82, 2.24) is 19.4 Å². The highest BCUT2D eigenvalue weighted by Crippen LogP contribution is 2.36. The van der Waals surface area contributed by atoms with Crippen LogP contribution in [0.25, 0.3) is 28.2 Å². The molecule has 148 valence electrons. The minimum Gasteiger partial charge on any atom is -0.278 e. The maximum absolute atomic E-state index is 13.6. The smallest absolute Gasteiger partial charge is 0.278 e. The van der Waals surface area contributed by atoms with Crippen LogP contribution in [0.5, 0.6) is 0 Å². The molecule has 4 rings (SSSR count). The van der Waals surface area contributed by atoms with Gasteiger partial charge in [-0.2, -0.15) is 26.3 Å². The molecule has 0 fully saturated rings. The third-order valence-electron chi connectivity index (χ3n) is 4.23. The van der Waals surface area contributed by atoms with Gasteiger partial charge in [-0.25, -0.2) is 9.97 Å². The van der Waals surface area contributed by atoms with Gasteiger partial charge < -0.3 is 0 Å². The fraction of sp³-hybridized carbons (Fsp3) is 0.105. The van der Waals surface area contributed by atoms with Gasteiger partial charge >= 0.3 is 12.4 Å². The van der Waals surface area contributed by atoms with Gasteiger partial charge in [0.15, 0.2) is 5.65 Å². The van der Waals surface area contributed by atoms with Gasteiger partial charge in [-0.1, -0.05) is 12.1 Å². The van der Waals surface area contributed by atoms with Gasteiger partial charge in [-0.05, 0) is 30.3 Å². The molecule has 0 atom stereocenters. The summed E-state index contributed by atoms with van der Waals surface area (Å²) in [4.78, 5) is 12.1. The summed E-state index contributed by atoms with van der Waals surface area (Å²) in [6, 6.07) is 7.81. The van der Waals surface area contributed by atoms with Crippen molar-refractivity contribution in [2.24, 2.45) is 0 Å². The summed E-state index contributed by atoms with van der Waals surface area (Å²) in [7, 11) is 0. The zero-order chi connectivity index (χ0) is 20.8. The van der Waals surface area contributed by atoms with Crippen LogP contribution in [0.15, 0.2) is 61.2 Å². The number of rotatable bonds is 2. The van der Waals surface area contributed by atoms with Crippen molar-refractivity contribution in [2.75, 3.05) is 0 Å². The molecule has 0 spiro atoms. The van der Waals surface area contributed by atoms with Crippen LogP contribution in [-0.2, 0) is 12.4 Å². The number of fused-ring (bicyclic) bond motifs is 1. The molecule has 3 heterocycles. The Morgan fingerprint density at radius 1 is 0.793 bits per heavy atom. The summed E-state index contributed by atoms with van der Waals surface area (Å²) < 4.78 is 80.7. The van der Waals surface area contributed by atoms with E-state index in [0.29, 0.717) is 11.6 Å². The summed E-state index contributed by atoms with van der Waals surface area (Å²) in [6.07, 6.45) is -5.53. The zero-order valence-electron chi connectivity index (χ0n) is 14.3. The highest BCUT2D eigenvalue weighted by atomic mass is 19.4. The van der Waals surface area contributed by atoms with Crippen LogP contribution in [0.2, 0.25) is 0 Å². The average Bonchev–Trinajstić information content (AvgIpc) is 3.10. The molecule has 0 aliphatic rings. The number of alkyl halides is 6. The molecule has 4 aromatic rings. The fourth-order valence-electron chi connectivity index (χ4n) is 2.91. The second-order valence-corrected chi connectivity index (χ2v) is 6.13. The quantitative estimate of drug-likeness (QED) is 0.412. The van der Waals surface area contributed by atoms with E-state index in [1.165, 1.54) is 18.5 Å². The summed E-state index contributed by atoms with van der Waals surface area (Å²) in [5, 5.41) is 0. The monoisotopic (exact) mass is 408 g/mol. The van der Waals surface area contributed by atoms with Gasteiger partial charge in [-0.3, -0.25) is 9.38 Å². The number of nitrogens with zero attached hydrogens (tertiary/aromatic N) is 4. The lowest BCUT2D eigenvalue weighted by atomic mass is 10.1. The van der Waals surface area contributed by atoms with E-state index in [0.717, 1.165) is 28.9 Å². The van der Waals surface area contributed by atoms with Crippen molar-refractivity contribution in [3.05, 3.63) is 72.4 Å². The second kappa shape index (κ2) is 6.57. The van der Waals surface area contributed by atoms with E-state index in [-0.39, 0.29) is 22.6 Å². The SMILES string of the molecule is FC(F)(F)c1cccc(-c2cc(C(F)(F)F)n3cnc(-c4ccncc4)c3n2)c1. The summed E-state index contributed by atoms with van der Waals surface area (Å²) in [5.74, 6) is 0. The maximum atomic E-state index is 13.6. The minimum atomic E-state index is -4.77. The Hall–Kier alpha value is -3.43. The van der Waals surface area contributed by atoms with Crippen molar-refractivity contribution < 1.29 is 26.3 Å². The van der Waals surface area contributed by atoms with E-state index >= 15 is 0 Å². The number of hydrogen-bond donors (Lipinski definition) is 0. The number of benzene rings is 1.